The topological polar surface area (TPSA) is 96.0 Å². The number of sulfonamides is 1. The monoisotopic (exact) mass is 531 g/mol. The first-order chi connectivity index (χ1) is 17.5. The molecule has 9 heteroatoms. The Morgan fingerprint density at radius 2 is 1.68 bits per heavy atom. The zero-order valence-electron chi connectivity index (χ0n) is 22.9. The Balaban J connectivity index is 2.21. The molecule has 2 amide bonds. The van der Waals surface area contributed by atoms with Gasteiger partial charge in [0.2, 0.25) is 21.8 Å². The van der Waals surface area contributed by atoms with Gasteiger partial charge >= 0.3 is 0 Å². The van der Waals surface area contributed by atoms with Crippen molar-refractivity contribution in [2.24, 2.45) is 5.92 Å². The standard InChI is InChI=1S/C28H41N3O5S/c1-7-36-26-16-11-10-15-25(26)31(37(6,34)35)18-12-17-27(32)30(20-24-14-9-8-13-22(24)4)23(5)28(33)29-19-21(2)3/h8-11,13-16,21,23H,7,12,17-20H2,1-6H3,(H,29,33)/t23-/m1/s1. The fourth-order valence-corrected chi connectivity index (χ4v) is 4.90. The van der Waals surface area contributed by atoms with Crippen LogP contribution in [0.5, 0.6) is 5.75 Å². The molecule has 0 bridgehead atoms. The van der Waals surface area contributed by atoms with E-state index >= 15 is 0 Å². The summed E-state index contributed by atoms with van der Waals surface area (Å²) in [5, 5.41) is 2.92. The van der Waals surface area contributed by atoms with Crippen LogP contribution in [0, 0.1) is 12.8 Å². The lowest BCUT2D eigenvalue weighted by molar-refractivity contribution is -0.140. The highest BCUT2D eigenvalue weighted by Crippen LogP contribution is 2.30. The summed E-state index contributed by atoms with van der Waals surface area (Å²) in [6, 6.07) is 14.1. The van der Waals surface area contributed by atoms with Crippen LogP contribution in [0.25, 0.3) is 0 Å². The minimum absolute atomic E-state index is 0.0938. The Morgan fingerprint density at radius 1 is 1.03 bits per heavy atom. The van der Waals surface area contributed by atoms with E-state index in [1.807, 2.05) is 52.0 Å². The average Bonchev–Trinajstić information content (AvgIpc) is 2.84. The predicted octanol–water partition coefficient (Wildman–Crippen LogP) is 4.13. The number of amides is 2. The third-order valence-corrected chi connectivity index (χ3v) is 7.22. The fraction of sp³-hybridized carbons (Fsp3) is 0.500. The lowest BCUT2D eigenvalue weighted by Crippen LogP contribution is -2.48. The van der Waals surface area contributed by atoms with Gasteiger partial charge in [0.1, 0.15) is 11.8 Å². The highest BCUT2D eigenvalue weighted by Gasteiger charge is 2.27. The van der Waals surface area contributed by atoms with Gasteiger partial charge in [0.15, 0.2) is 0 Å². The molecule has 8 nitrogen and oxygen atoms in total. The van der Waals surface area contributed by atoms with E-state index in [4.69, 9.17) is 4.74 Å². The van der Waals surface area contributed by atoms with E-state index in [-0.39, 0.29) is 31.2 Å². The number of ether oxygens (including phenoxy) is 1. The van der Waals surface area contributed by atoms with Crippen LogP contribution in [0.3, 0.4) is 0 Å². The summed E-state index contributed by atoms with van der Waals surface area (Å²) in [5.41, 5.74) is 2.44. The number of carbonyl (C=O) groups excluding carboxylic acids is 2. The zero-order chi connectivity index (χ0) is 27.6. The summed E-state index contributed by atoms with van der Waals surface area (Å²) in [4.78, 5) is 27.9. The maximum Gasteiger partial charge on any atom is 0.242 e. The molecule has 0 heterocycles. The predicted molar refractivity (Wildman–Crippen MR) is 148 cm³/mol. The Morgan fingerprint density at radius 3 is 2.30 bits per heavy atom. The van der Waals surface area contributed by atoms with Crippen LogP contribution in [-0.2, 0) is 26.2 Å². The van der Waals surface area contributed by atoms with Gasteiger partial charge in [0.05, 0.1) is 18.6 Å². The van der Waals surface area contributed by atoms with Crippen LogP contribution in [0.1, 0.15) is 51.7 Å². The first-order valence-corrected chi connectivity index (χ1v) is 14.6. The van der Waals surface area contributed by atoms with Crippen LogP contribution in [0.4, 0.5) is 5.69 Å². The number of rotatable bonds is 14. The molecule has 0 aliphatic carbocycles. The Kier molecular flexibility index (Phi) is 11.4. The molecule has 2 rings (SSSR count). The highest BCUT2D eigenvalue weighted by atomic mass is 32.2. The number of benzene rings is 2. The van der Waals surface area contributed by atoms with E-state index in [2.05, 4.69) is 5.32 Å². The highest BCUT2D eigenvalue weighted by molar-refractivity contribution is 7.92. The van der Waals surface area contributed by atoms with Gasteiger partial charge in [0, 0.05) is 26.1 Å². The quantitative estimate of drug-likeness (QED) is 0.396. The molecule has 0 saturated heterocycles. The summed E-state index contributed by atoms with van der Waals surface area (Å²) >= 11 is 0. The number of nitrogens with one attached hydrogen (secondary N) is 1. The van der Waals surface area contributed by atoms with Crippen molar-refractivity contribution in [1.29, 1.82) is 0 Å². The normalized spacial score (nSPS) is 12.2. The number of aryl methyl sites for hydroxylation is 1. The summed E-state index contributed by atoms with van der Waals surface area (Å²) in [6.07, 6.45) is 1.52. The van der Waals surface area contributed by atoms with E-state index in [1.54, 1.807) is 36.1 Å². The van der Waals surface area contributed by atoms with Crippen LogP contribution in [-0.4, -0.2) is 57.1 Å². The molecule has 204 valence electrons. The molecule has 2 aromatic rings. The van der Waals surface area contributed by atoms with Gasteiger partial charge in [-0.25, -0.2) is 8.42 Å². The molecule has 0 saturated carbocycles. The molecular weight excluding hydrogens is 490 g/mol. The summed E-state index contributed by atoms with van der Waals surface area (Å²) in [7, 11) is -3.61. The Bertz CT molecular complexity index is 1150. The van der Waals surface area contributed by atoms with Crippen LogP contribution < -0.4 is 14.4 Å². The van der Waals surface area contributed by atoms with Gasteiger partial charge in [-0.05, 0) is 56.4 Å². The summed E-state index contributed by atoms with van der Waals surface area (Å²) in [5.74, 6) is 0.345. The van der Waals surface area contributed by atoms with E-state index < -0.39 is 16.1 Å². The van der Waals surface area contributed by atoms with E-state index in [0.29, 0.717) is 37.1 Å². The summed E-state index contributed by atoms with van der Waals surface area (Å²) < 4.78 is 32.1. The second-order valence-corrected chi connectivity index (χ2v) is 11.5. The molecule has 1 N–H and O–H groups in total. The van der Waals surface area contributed by atoms with Crippen molar-refractivity contribution in [1.82, 2.24) is 10.2 Å². The minimum atomic E-state index is -3.61. The van der Waals surface area contributed by atoms with Gasteiger partial charge in [-0.1, -0.05) is 50.2 Å². The lowest BCUT2D eigenvalue weighted by atomic mass is 10.1. The number of para-hydroxylation sites is 2. The number of hydrogen-bond donors (Lipinski definition) is 1. The third kappa shape index (κ3) is 9.07. The van der Waals surface area contributed by atoms with Crippen molar-refractivity contribution in [3.05, 3.63) is 59.7 Å². The van der Waals surface area contributed by atoms with Crippen molar-refractivity contribution in [2.75, 3.05) is 30.3 Å². The molecule has 2 aromatic carbocycles. The number of nitrogens with zero attached hydrogens (tertiary/aromatic N) is 2. The number of anilines is 1. The van der Waals surface area contributed by atoms with Crippen LogP contribution >= 0.6 is 0 Å². The maximum atomic E-state index is 13.4. The maximum absolute atomic E-state index is 13.4. The molecule has 0 radical (unpaired) electrons. The number of hydrogen-bond acceptors (Lipinski definition) is 5. The zero-order valence-corrected chi connectivity index (χ0v) is 23.7. The van der Waals surface area contributed by atoms with Crippen molar-refractivity contribution >= 4 is 27.5 Å². The van der Waals surface area contributed by atoms with E-state index in [0.717, 1.165) is 17.4 Å². The largest absolute Gasteiger partial charge is 0.492 e. The third-order valence-electron chi connectivity index (χ3n) is 6.04. The molecule has 0 aliphatic heterocycles. The van der Waals surface area contributed by atoms with Gasteiger partial charge in [-0.15, -0.1) is 0 Å². The molecule has 37 heavy (non-hydrogen) atoms. The van der Waals surface area contributed by atoms with Gasteiger partial charge in [-0.2, -0.15) is 0 Å². The molecule has 0 spiro atoms. The van der Waals surface area contributed by atoms with Crippen molar-refractivity contribution < 1.29 is 22.7 Å². The number of carbonyl (C=O) groups is 2. The van der Waals surface area contributed by atoms with E-state index in [9.17, 15) is 18.0 Å². The smallest absolute Gasteiger partial charge is 0.242 e. The Hall–Kier alpha value is -3.07. The molecule has 0 fully saturated rings. The van der Waals surface area contributed by atoms with Crippen molar-refractivity contribution in [2.45, 2.75) is 60.0 Å². The van der Waals surface area contributed by atoms with Crippen LogP contribution in [0.15, 0.2) is 48.5 Å². The SMILES string of the molecule is CCOc1ccccc1N(CCCC(=O)N(Cc1ccccc1C)[C@H](C)C(=O)NCC(C)C)S(C)(=O)=O. The second kappa shape index (κ2) is 14.0. The van der Waals surface area contributed by atoms with Gasteiger partial charge in [-0.3, -0.25) is 13.9 Å². The average molecular weight is 532 g/mol. The molecular formula is C28H41N3O5S. The molecule has 0 aliphatic rings. The van der Waals surface area contributed by atoms with Crippen molar-refractivity contribution in [3.8, 4) is 5.75 Å². The second-order valence-electron chi connectivity index (χ2n) is 9.60. The van der Waals surface area contributed by atoms with Crippen LogP contribution in [0.2, 0.25) is 0 Å². The molecule has 0 unspecified atom stereocenters. The van der Waals surface area contributed by atoms with E-state index in [1.165, 1.54) is 4.31 Å². The van der Waals surface area contributed by atoms with Gasteiger partial charge in [0.25, 0.3) is 0 Å². The Labute approximate surface area is 222 Å². The fourth-order valence-electron chi connectivity index (χ4n) is 3.93. The molecule has 1 atom stereocenters. The first kappa shape index (κ1) is 30.2. The molecule has 0 aromatic heterocycles. The summed E-state index contributed by atoms with van der Waals surface area (Å²) in [6.45, 7) is 10.9. The first-order valence-electron chi connectivity index (χ1n) is 12.8. The van der Waals surface area contributed by atoms with Crippen molar-refractivity contribution in [3.63, 3.8) is 0 Å². The minimum Gasteiger partial charge on any atom is -0.492 e. The van der Waals surface area contributed by atoms with Gasteiger partial charge < -0.3 is 15.0 Å². The lowest BCUT2D eigenvalue weighted by Gasteiger charge is -2.30.